The van der Waals surface area contributed by atoms with Crippen molar-refractivity contribution < 1.29 is 9.90 Å². The van der Waals surface area contributed by atoms with Gasteiger partial charge in [-0.05, 0) is 18.1 Å². The lowest BCUT2D eigenvalue weighted by Gasteiger charge is -2.00. The third-order valence-electron chi connectivity index (χ3n) is 1.61. The Bertz CT molecular complexity index is 308. The Labute approximate surface area is 77.3 Å². The minimum absolute atomic E-state index is 0. The Balaban J connectivity index is 0.00000144. The van der Waals surface area contributed by atoms with E-state index in [1.54, 1.807) is 24.3 Å². The van der Waals surface area contributed by atoms with Crippen molar-refractivity contribution in [2.24, 2.45) is 0 Å². The highest BCUT2D eigenvalue weighted by Gasteiger charge is 2.06. The molecule has 0 bridgehead atoms. The number of aromatic carboxylic acids is 1. The average molecular weight is 179 g/mol. The van der Waals surface area contributed by atoms with Gasteiger partial charge < -0.3 is 11.3 Å². The largest absolute Gasteiger partial charge is 0.478 e. The molecule has 13 heavy (non-hydrogen) atoms. The van der Waals surface area contributed by atoms with Crippen LogP contribution in [0, 0.1) is 0 Å². The van der Waals surface area contributed by atoms with Crippen LogP contribution < -0.4 is 6.15 Å². The van der Waals surface area contributed by atoms with Crippen molar-refractivity contribution in [3.05, 3.63) is 48.0 Å². The van der Waals surface area contributed by atoms with Crippen LogP contribution in [-0.4, -0.2) is 11.1 Å². The maximum absolute atomic E-state index is 10.7. The summed E-state index contributed by atoms with van der Waals surface area (Å²) in [7, 11) is 0. The zero-order chi connectivity index (χ0) is 8.97. The van der Waals surface area contributed by atoms with Gasteiger partial charge in [0.25, 0.3) is 0 Å². The molecule has 0 aliphatic rings. The number of rotatable bonds is 3. The first-order chi connectivity index (χ1) is 5.75. The number of hydrogen-bond acceptors (Lipinski definition) is 2. The monoisotopic (exact) mass is 179 g/mol. The van der Waals surface area contributed by atoms with Crippen LogP contribution in [0.3, 0.4) is 0 Å². The molecule has 70 valence electrons. The zero-order valence-corrected chi connectivity index (χ0v) is 7.36. The summed E-state index contributed by atoms with van der Waals surface area (Å²) in [6.07, 6.45) is 2.30. The van der Waals surface area contributed by atoms with Gasteiger partial charge in [0, 0.05) is 0 Å². The van der Waals surface area contributed by atoms with E-state index in [-0.39, 0.29) is 6.15 Å². The minimum atomic E-state index is -0.882. The van der Waals surface area contributed by atoms with E-state index in [0.29, 0.717) is 12.0 Å². The highest BCUT2D eigenvalue weighted by Crippen LogP contribution is 2.09. The van der Waals surface area contributed by atoms with Gasteiger partial charge in [-0.1, -0.05) is 24.3 Å². The van der Waals surface area contributed by atoms with Crippen molar-refractivity contribution in [1.82, 2.24) is 6.15 Å². The lowest BCUT2D eigenvalue weighted by atomic mass is 10.1. The van der Waals surface area contributed by atoms with Crippen LogP contribution in [0.1, 0.15) is 15.9 Å². The molecule has 3 nitrogen and oxygen atoms in total. The van der Waals surface area contributed by atoms with E-state index in [4.69, 9.17) is 5.11 Å². The molecule has 0 fully saturated rings. The minimum Gasteiger partial charge on any atom is -0.478 e. The summed E-state index contributed by atoms with van der Waals surface area (Å²) in [5, 5.41) is 8.76. The van der Waals surface area contributed by atoms with Crippen molar-refractivity contribution in [2.75, 3.05) is 0 Å². The Hall–Kier alpha value is -1.61. The van der Waals surface area contributed by atoms with Crippen LogP contribution in [0.25, 0.3) is 0 Å². The molecule has 0 amide bonds. The number of carboxylic acid groups (broad SMARTS) is 1. The van der Waals surface area contributed by atoms with Crippen molar-refractivity contribution >= 4 is 5.97 Å². The van der Waals surface area contributed by atoms with Crippen molar-refractivity contribution in [1.29, 1.82) is 0 Å². The maximum atomic E-state index is 10.7. The molecular formula is C10H13NO2. The number of carbonyl (C=O) groups is 1. The Morgan fingerprint density at radius 1 is 1.46 bits per heavy atom. The summed E-state index contributed by atoms with van der Waals surface area (Å²) in [6.45, 7) is 3.56. The summed E-state index contributed by atoms with van der Waals surface area (Å²) in [6, 6.07) is 6.94. The number of allylic oxidation sites excluding steroid dienone is 1. The van der Waals surface area contributed by atoms with E-state index in [9.17, 15) is 4.79 Å². The molecule has 0 saturated heterocycles. The van der Waals surface area contributed by atoms with Gasteiger partial charge in [-0.25, -0.2) is 4.79 Å². The highest BCUT2D eigenvalue weighted by molar-refractivity contribution is 5.89. The van der Waals surface area contributed by atoms with Gasteiger partial charge in [0.05, 0.1) is 5.56 Å². The molecule has 0 aliphatic carbocycles. The molecule has 1 aromatic rings. The van der Waals surface area contributed by atoms with Gasteiger partial charge in [-0.15, -0.1) is 6.58 Å². The lowest BCUT2D eigenvalue weighted by molar-refractivity contribution is 0.0696. The number of benzene rings is 1. The van der Waals surface area contributed by atoms with E-state index in [1.807, 2.05) is 6.07 Å². The molecule has 0 atom stereocenters. The second-order valence-corrected chi connectivity index (χ2v) is 2.46. The molecule has 3 heteroatoms. The predicted octanol–water partition coefficient (Wildman–Crippen LogP) is 2.28. The van der Waals surface area contributed by atoms with Gasteiger partial charge >= 0.3 is 5.97 Å². The van der Waals surface area contributed by atoms with Crippen LogP contribution in [-0.2, 0) is 6.42 Å². The molecule has 0 unspecified atom stereocenters. The summed E-state index contributed by atoms with van der Waals surface area (Å²) in [4.78, 5) is 10.7. The van der Waals surface area contributed by atoms with Crippen molar-refractivity contribution in [2.45, 2.75) is 6.42 Å². The average Bonchev–Trinajstić information content (AvgIpc) is 2.05. The summed E-state index contributed by atoms with van der Waals surface area (Å²) < 4.78 is 0. The third-order valence-corrected chi connectivity index (χ3v) is 1.61. The first-order valence-corrected chi connectivity index (χ1v) is 3.68. The fourth-order valence-electron chi connectivity index (χ4n) is 1.06. The molecule has 1 rings (SSSR count). The van der Waals surface area contributed by atoms with Gasteiger partial charge in [0.1, 0.15) is 0 Å². The van der Waals surface area contributed by atoms with Crippen molar-refractivity contribution in [3.63, 3.8) is 0 Å². The quantitative estimate of drug-likeness (QED) is 0.699. The molecule has 0 saturated carbocycles. The summed E-state index contributed by atoms with van der Waals surface area (Å²) in [5.74, 6) is -0.882. The summed E-state index contributed by atoms with van der Waals surface area (Å²) in [5.41, 5.74) is 1.16. The van der Waals surface area contributed by atoms with Crippen LogP contribution in [0.2, 0.25) is 0 Å². The van der Waals surface area contributed by atoms with E-state index in [0.717, 1.165) is 5.56 Å². The SMILES string of the molecule is C=CCc1ccccc1C(=O)O.N. The maximum Gasteiger partial charge on any atom is 0.335 e. The molecule has 0 radical (unpaired) electrons. The number of carboxylic acids is 1. The standard InChI is InChI=1S/C10H10O2.H3N/c1-2-5-8-6-3-4-7-9(8)10(11)12;/h2-4,6-7H,1,5H2,(H,11,12);1H3. The second-order valence-electron chi connectivity index (χ2n) is 2.46. The van der Waals surface area contributed by atoms with Gasteiger partial charge in [0.15, 0.2) is 0 Å². The van der Waals surface area contributed by atoms with Crippen LogP contribution in [0.4, 0.5) is 0 Å². The van der Waals surface area contributed by atoms with Gasteiger partial charge in [0.2, 0.25) is 0 Å². The van der Waals surface area contributed by atoms with Crippen molar-refractivity contribution in [3.8, 4) is 0 Å². The number of hydrogen-bond donors (Lipinski definition) is 2. The molecular weight excluding hydrogens is 166 g/mol. The Morgan fingerprint density at radius 3 is 2.62 bits per heavy atom. The van der Waals surface area contributed by atoms with Crippen LogP contribution in [0.5, 0.6) is 0 Å². The topological polar surface area (TPSA) is 72.3 Å². The molecule has 0 aliphatic heterocycles. The van der Waals surface area contributed by atoms with Gasteiger partial charge in [-0.3, -0.25) is 0 Å². The zero-order valence-electron chi connectivity index (χ0n) is 7.36. The van der Waals surface area contributed by atoms with Gasteiger partial charge in [-0.2, -0.15) is 0 Å². The normalized spacial score (nSPS) is 8.62. The fraction of sp³-hybridized carbons (Fsp3) is 0.100. The van der Waals surface area contributed by atoms with Crippen LogP contribution >= 0.6 is 0 Å². The molecule has 1 aromatic carbocycles. The molecule has 0 spiro atoms. The molecule has 0 heterocycles. The smallest absolute Gasteiger partial charge is 0.335 e. The van der Waals surface area contributed by atoms with Crippen LogP contribution in [0.15, 0.2) is 36.9 Å². The highest BCUT2D eigenvalue weighted by atomic mass is 16.4. The third kappa shape index (κ3) is 2.72. The first-order valence-electron chi connectivity index (χ1n) is 3.68. The molecule has 0 aromatic heterocycles. The van der Waals surface area contributed by atoms with E-state index in [2.05, 4.69) is 6.58 Å². The summed E-state index contributed by atoms with van der Waals surface area (Å²) >= 11 is 0. The Morgan fingerprint density at radius 2 is 2.08 bits per heavy atom. The second kappa shape index (κ2) is 5.11. The fourth-order valence-corrected chi connectivity index (χ4v) is 1.06. The van der Waals surface area contributed by atoms with E-state index < -0.39 is 5.97 Å². The lowest BCUT2D eigenvalue weighted by Crippen LogP contribution is -2.00. The van der Waals surface area contributed by atoms with E-state index in [1.165, 1.54) is 0 Å². The predicted molar refractivity (Wildman–Crippen MR) is 52.3 cm³/mol. The van der Waals surface area contributed by atoms with E-state index >= 15 is 0 Å². The molecule has 4 N–H and O–H groups in total. The first kappa shape index (κ1) is 11.4. The Kier molecular flexibility index (Phi) is 4.48.